The Balaban J connectivity index is 1.94. The number of anilines is 1. The Morgan fingerprint density at radius 2 is 1.78 bits per heavy atom. The molecule has 4 rings (SSSR count). The SMILES string of the molecule is CCOc1cccc(C2/C(=C(\O)c3ccc(OC)c(C(C)C)c3)C(=O)C(=O)N2c2ccc(Cl)cc2)c1. The predicted octanol–water partition coefficient (Wildman–Crippen LogP) is 6.50. The Kier molecular flexibility index (Phi) is 7.36. The monoisotopic (exact) mass is 505 g/mol. The molecule has 1 amide bonds. The number of ether oxygens (including phenoxy) is 2. The third kappa shape index (κ3) is 4.69. The van der Waals surface area contributed by atoms with E-state index in [9.17, 15) is 14.7 Å². The summed E-state index contributed by atoms with van der Waals surface area (Å²) in [5.41, 5.74) is 2.44. The van der Waals surface area contributed by atoms with E-state index in [2.05, 4.69) is 0 Å². The van der Waals surface area contributed by atoms with Crippen LogP contribution in [-0.4, -0.2) is 30.5 Å². The number of nitrogens with zero attached hydrogens (tertiary/aromatic N) is 1. The van der Waals surface area contributed by atoms with Gasteiger partial charge in [0.25, 0.3) is 11.7 Å². The van der Waals surface area contributed by atoms with Gasteiger partial charge >= 0.3 is 0 Å². The second kappa shape index (κ2) is 10.5. The maximum absolute atomic E-state index is 13.4. The molecule has 36 heavy (non-hydrogen) atoms. The molecule has 0 aliphatic carbocycles. The average Bonchev–Trinajstić information content (AvgIpc) is 3.14. The van der Waals surface area contributed by atoms with Crippen LogP contribution in [0.4, 0.5) is 5.69 Å². The lowest BCUT2D eigenvalue weighted by atomic mass is 9.93. The molecule has 3 aromatic carbocycles. The Bertz CT molecular complexity index is 1330. The van der Waals surface area contributed by atoms with Crippen molar-refractivity contribution in [1.82, 2.24) is 0 Å². The minimum Gasteiger partial charge on any atom is -0.507 e. The summed E-state index contributed by atoms with van der Waals surface area (Å²) >= 11 is 6.07. The lowest BCUT2D eigenvalue weighted by molar-refractivity contribution is -0.132. The molecule has 0 radical (unpaired) electrons. The van der Waals surface area contributed by atoms with Crippen LogP contribution in [0.1, 0.15) is 49.4 Å². The number of ketones is 1. The summed E-state index contributed by atoms with van der Waals surface area (Å²) < 4.78 is 11.1. The van der Waals surface area contributed by atoms with Gasteiger partial charge in [0.2, 0.25) is 0 Å². The summed E-state index contributed by atoms with van der Waals surface area (Å²) in [6.07, 6.45) is 0. The second-order valence-electron chi connectivity index (χ2n) is 8.76. The number of hydrogen-bond donors (Lipinski definition) is 1. The predicted molar refractivity (Wildman–Crippen MR) is 141 cm³/mol. The van der Waals surface area contributed by atoms with Crippen LogP contribution in [0.15, 0.2) is 72.3 Å². The molecule has 1 fully saturated rings. The van der Waals surface area contributed by atoms with Crippen molar-refractivity contribution in [3.63, 3.8) is 0 Å². The molecule has 1 N–H and O–H groups in total. The van der Waals surface area contributed by atoms with Crippen molar-refractivity contribution in [1.29, 1.82) is 0 Å². The van der Waals surface area contributed by atoms with Crippen LogP contribution in [0.3, 0.4) is 0 Å². The fourth-order valence-corrected chi connectivity index (χ4v) is 4.57. The largest absolute Gasteiger partial charge is 0.507 e. The van der Waals surface area contributed by atoms with Crippen LogP contribution >= 0.6 is 11.6 Å². The van der Waals surface area contributed by atoms with Gasteiger partial charge in [0.05, 0.1) is 25.3 Å². The molecule has 1 atom stereocenters. The Hall–Kier alpha value is -3.77. The van der Waals surface area contributed by atoms with Crippen molar-refractivity contribution < 1.29 is 24.2 Å². The van der Waals surface area contributed by atoms with Crippen LogP contribution < -0.4 is 14.4 Å². The zero-order valence-corrected chi connectivity index (χ0v) is 21.4. The molecule has 186 valence electrons. The molecule has 6 nitrogen and oxygen atoms in total. The Labute approximate surface area is 215 Å². The van der Waals surface area contributed by atoms with E-state index in [-0.39, 0.29) is 17.3 Å². The van der Waals surface area contributed by atoms with Gasteiger partial charge in [0, 0.05) is 16.3 Å². The van der Waals surface area contributed by atoms with Gasteiger partial charge in [-0.05, 0) is 78.6 Å². The minimum absolute atomic E-state index is 0.00321. The summed E-state index contributed by atoms with van der Waals surface area (Å²) in [4.78, 5) is 28.2. The lowest BCUT2D eigenvalue weighted by Gasteiger charge is -2.26. The first-order valence-electron chi connectivity index (χ1n) is 11.7. The van der Waals surface area contributed by atoms with Crippen molar-refractivity contribution in [3.8, 4) is 11.5 Å². The zero-order valence-electron chi connectivity index (χ0n) is 20.6. The average molecular weight is 506 g/mol. The van der Waals surface area contributed by atoms with Gasteiger partial charge in [-0.25, -0.2) is 0 Å². The fourth-order valence-electron chi connectivity index (χ4n) is 4.45. The van der Waals surface area contributed by atoms with E-state index in [0.29, 0.717) is 39.9 Å². The number of rotatable bonds is 7. The molecule has 3 aromatic rings. The Morgan fingerprint density at radius 1 is 1.06 bits per heavy atom. The third-order valence-electron chi connectivity index (χ3n) is 6.16. The van der Waals surface area contributed by atoms with E-state index in [1.807, 2.05) is 26.8 Å². The van der Waals surface area contributed by atoms with Gasteiger partial charge in [0.15, 0.2) is 0 Å². The van der Waals surface area contributed by atoms with E-state index in [0.717, 1.165) is 5.56 Å². The highest BCUT2D eigenvalue weighted by Gasteiger charge is 2.47. The summed E-state index contributed by atoms with van der Waals surface area (Å²) in [6.45, 7) is 6.37. The first kappa shape index (κ1) is 25.3. The maximum Gasteiger partial charge on any atom is 0.300 e. The first-order valence-corrected chi connectivity index (χ1v) is 12.1. The maximum atomic E-state index is 13.4. The van der Waals surface area contributed by atoms with Crippen molar-refractivity contribution >= 4 is 34.7 Å². The zero-order chi connectivity index (χ0) is 26.0. The standard InChI is InChI=1S/C29H28ClNO5/c1-5-36-22-8-6-7-18(15-22)26-25(27(32)19-9-14-24(35-4)23(16-19)17(2)3)28(33)29(34)31(26)21-12-10-20(30)11-13-21/h6-17,26,32H,5H2,1-4H3/b27-25+. The number of amides is 1. The molecular weight excluding hydrogens is 478 g/mol. The number of Topliss-reactive ketones (excluding diaryl/α,β-unsaturated/α-hetero) is 1. The van der Waals surface area contributed by atoms with Crippen LogP contribution in [-0.2, 0) is 9.59 Å². The van der Waals surface area contributed by atoms with Gasteiger partial charge in [-0.15, -0.1) is 0 Å². The van der Waals surface area contributed by atoms with Crippen LogP contribution in [0.25, 0.3) is 5.76 Å². The van der Waals surface area contributed by atoms with Gasteiger partial charge in [-0.1, -0.05) is 37.6 Å². The van der Waals surface area contributed by atoms with Gasteiger partial charge in [-0.2, -0.15) is 0 Å². The molecule has 0 saturated carbocycles. The fraction of sp³-hybridized carbons (Fsp3) is 0.241. The van der Waals surface area contributed by atoms with E-state index in [1.165, 1.54) is 4.90 Å². The second-order valence-corrected chi connectivity index (χ2v) is 9.20. The highest BCUT2D eigenvalue weighted by Crippen LogP contribution is 2.43. The van der Waals surface area contributed by atoms with Crippen LogP contribution in [0, 0.1) is 0 Å². The number of hydrogen-bond acceptors (Lipinski definition) is 5. The topological polar surface area (TPSA) is 76.1 Å². The van der Waals surface area contributed by atoms with Gasteiger partial charge in [-0.3, -0.25) is 14.5 Å². The van der Waals surface area contributed by atoms with Crippen molar-refractivity contribution in [2.24, 2.45) is 0 Å². The van der Waals surface area contributed by atoms with E-state index in [4.69, 9.17) is 21.1 Å². The molecule has 1 aliphatic heterocycles. The first-order chi connectivity index (χ1) is 17.3. The number of carbonyl (C=O) groups excluding carboxylic acids is 2. The molecule has 1 unspecified atom stereocenters. The quantitative estimate of drug-likeness (QED) is 0.225. The number of aliphatic hydroxyl groups excluding tert-OH is 1. The van der Waals surface area contributed by atoms with Crippen LogP contribution in [0.5, 0.6) is 11.5 Å². The number of methoxy groups -OCH3 is 1. The number of aliphatic hydroxyl groups is 1. The number of benzene rings is 3. The molecular formula is C29H28ClNO5. The molecule has 7 heteroatoms. The van der Waals surface area contributed by atoms with Crippen molar-refractivity contribution in [2.45, 2.75) is 32.7 Å². The summed E-state index contributed by atoms with van der Waals surface area (Å²) in [6, 6.07) is 18.2. The molecule has 1 heterocycles. The van der Waals surface area contributed by atoms with Crippen molar-refractivity contribution in [3.05, 3.63) is 94.0 Å². The molecule has 0 spiro atoms. The molecule has 0 bridgehead atoms. The summed E-state index contributed by atoms with van der Waals surface area (Å²) in [7, 11) is 1.59. The van der Waals surface area contributed by atoms with E-state index < -0.39 is 17.7 Å². The Morgan fingerprint density at radius 3 is 2.42 bits per heavy atom. The molecule has 0 aromatic heterocycles. The van der Waals surface area contributed by atoms with Gasteiger partial charge in [0.1, 0.15) is 17.3 Å². The summed E-state index contributed by atoms with van der Waals surface area (Å²) in [5, 5.41) is 12.0. The highest BCUT2D eigenvalue weighted by atomic mass is 35.5. The minimum atomic E-state index is -0.865. The highest BCUT2D eigenvalue weighted by molar-refractivity contribution is 6.51. The number of halogens is 1. The number of carbonyl (C=O) groups is 2. The third-order valence-corrected chi connectivity index (χ3v) is 6.41. The smallest absolute Gasteiger partial charge is 0.300 e. The van der Waals surface area contributed by atoms with Gasteiger partial charge < -0.3 is 14.6 Å². The van der Waals surface area contributed by atoms with Crippen molar-refractivity contribution in [2.75, 3.05) is 18.6 Å². The molecule has 1 aliphatic rings. The van der Waals surface area contributed by atoms with Crippen LogP contribution in [0.2, 0.25) is 5.02 Å². The lowest BCUT2D eigenvalue weighted by Crippen LogP contribution is -2.29. The van der Waals surface area contributed by atoms with E-state index in [1.54, 1.807) is 67.8 Å². The molecule has 1 saturated heterocycles. The normalized spacial score (nSPS) is 17.1. The van der Waals surface area contributed by atoms with E-state index >= 15 is 0 Å². The summed E-state index contributed by atoms with van der Waals surface area (Å²) in [5.74, 6) is -0.351.